The van der Waals surface area contributed by atoms with Gasteiger partial charge in [0.25, 0.3) is 0 Å². The van der Waals surface area contributed by atoms with Gasteiger partial charge < -0.3 is 9.30 Å². The number of aromatic nitrogens is 1. The number of ether oxygens (including phenoxy) is 1. The number of benzene rings is 4. The maximum absolute atomic E-state index is 14.9. The Kier molecular flexibility index (Phi) is 8.69. The van der Waals surface area contributed by atoms with Crippen LogP contribution in [0.3, 0.4) is 0 Å². The van der Waals surface area contributed by atoms with Gasteiger partial charge in [0.05, 0.1) is 24.6 Å². The van der Waals surface area contributed by atoms with Gasteiger partial charge in [-0.25, -0.2) is 8.78 Å². The zero-order chi connectivity index (χ0) is 31.5. The van der Waals surface area contributed by atoms with Crippen LogP contribution >= 0.6 is 11.3 Å². The molecule has 0 bridgehead atoms. The maximum atomic E-state index is 14.9. The minimum Gasteiger partial charge on any atom is -0.497 e. The summed E-state index contributed by atoms with van der Waals surface area (Å²) >= 11 is 1.43. The zero-order valence-corrected chi connectivity index (χ0v) is 25.6. The molecule has 45 heavy (non-hydrogen) atoms. The average Bonchev–Trinajstić information content (AvgIpc) is 3.43. The summed E-state index contributed by atoms with van der Waals surface area (Å²) in [5.74, 6) is -0.686. The molecule has 0 spiro atoms. The molecule has 2 aromatic heterocycles. The van der Waals surface area contributed by atoms with Gasteiger partial charge in [-0.3, -0.25) is 14.5 Å². The standard InChI is InChI=1S/C37H30F2N2O3S/c1-40(20-24-8-4-3-5-9-24)22-30-33-35(43)31(34(42)25-12-16-28(38)17-13-25)23-41(21-27-10-6-7-11-32(27)39)37(33)45-36(30)26-14-18-29(44-2)19-15-26/h3-19,23H,20-22H2,1-2H3. The molecule has 6 rings (SSSR count). The van der Waals surface area contributed by atoms with Gasteiger partial charge in [-0.05, 0) is 78.3 Å². The van der Waals surface area contributed by atoms with Crippen molar-refractivity contribution in [1.82, 2.24) is 9.47 Å². The predicted molar refractivity (Wildman–Crippen MR) is 175 cm³/mol. The van der Waals surface area contributed by atoms with E-state index < -0.39 is 17.0 Å². The Morgan fingerprint density at radius 3 is 2.24 bits per heavy atom. The van der Waals surface area contributed by atoms with Crippen LogP contribution in [-0.2, 0) is 19.6 Å². The summed E-state index contributed by atoms with van der Waals surface area (Å²) in [6.45, 7) is 1.16. The third-order valence-corrected chi connectivity index (χ3v) is 9.05. The SMILES string of the molecule is COc1ccc(-c2sc3c(c2CN(C)Cc2ccccc2)c(=O)c(C(=O)c2ccc(F)cc2)cn3Cc2ccccc2F)cc1. The molecule has 0 fully saturated rings. The smallest absolute Gasteiger partial charge is 0.201 e. The van der Waals surface area contributed by atoms with Crippen LogP contribution in [0.2, 0.25) is 0 Å². The number of nitrogens with zero attached hydrogens (tertiary/aromatic N) is 2. The molecule has 0 atom stereocenters. The fourth-order valence-corrected chi connectivity index (χ4v) is 6.78. The van der Waals surface area contributed by atoms with Gasteiger partial charge in [-0.1, -0.05) is 48.5 Å². The van der Waals surface area contributed by atoms with Crippen LogP contribution in [0, 0.1) is 11.6 Å². The summed E-state index contributed by atoms with van der Waals surface area (Å²) < 4.78 is 35.8. The molecular weight excluding hydrogens is 590 g/mol. The molecule has 8 heteroatoms. The molecule has 0 radical (unpaired) electrons. The van der Waals surface area contributed by atoms with Crippen molar-refractivity contribution in [3.8, 4) is 16.2 Å². The van der Waals surface area contributed by atoms with E-state index in [1.807, 2.05) is 61.6 Å². The highest BCUT2D eigenvalue weighted by atomic mass is 32.1. The van der Waals surface area contributed by atoms with Crippen molar-refractivity contribution >= 4 is 27.3 Å². The van der Waals surface area contributed by atoms with Crippen molar-refractivity contribution in [3.63, 3.8) is 0 Å². The molecule has 0 aliphatic rings. The van der Waals surface area contributed by atoms with Crippen molar-refractivity contribution in [2.24, 2.45) is 0 Å². The summed E-state index contributed by atoms with van der Waals surface area (Å²) in [4.78, 5) is 31.8. The number of carbonyl (C=O) groups is 1. The number of ketones is 1. The summed E-state index contributed by atoms with van der Waals surface area (Å²) in [7, 11) is 3.59. The lowest BCUT2D eigenvalue weighted by molar-refractivity contribution is 0.103. The van der Waals surface area contributed by atoms with Gasteiger partial charge in [0.1, 0.15) is 22.2 Å². The fourth-order valence-electron chi connectivity index (χ4n) is 5.49. The third-order valence-electron chi connectivity index (χ3n) is 7.73. The Morgan fingerprint density at radius 1 is 0.867 bits per heavy atom. The van der Waals surface area contributed by atoms with E-state index in [-0.39, 0.29) is 23.5 Å². The Labute approximate surface area is 263 Å². The predicted octanol–water partition coefficient (Wildman–Crippen LogP) is 7.93. The number of methoxy groups -OCH3 is 1. The van der Waals surface area contributed by atoms with Gasteiger partial charge in [-0.15, -0.1) is 11.3 Å². The Hall–Kier alpha value is -4.92. The number of halogens is 2. The number of rotatable bonds is 10. The van der Waals surface area contributed by atoms with Gasteiger partial charge in [0.15, 0.2) is 5.78 Å². The zero-order valence-electron chi connectivity index (χ0n) is 24.8. The van der Waals surface area contributed by atoms with Crippen molar-refractivity contribution in [2.75, 3.05) is 14.2 Å². The number of hydrogen-bond donors (Lipinski definition) is 0. The lowest BCUT2D eigenvalue weighted by atomic mass is 10.00. The maximum Gasteiger partial charge on any atom is 0.201 e. The lowest BCUT2D eigenvalue weighted by Gasteiger charge is -2.18. The second-order valence-electron chi connectivity index (χ2n) is 10.9. The molecule has 0 amide bonds. The van der Waals surface area contributed by atoms with Crippen molar-refractivity contribution in [2.45, 2.75) is 19.6 Å². The number of pyridine rings is 1. The van der Waals surface area contributed by atoms with Crippen LogP contribution in [-0.4, -0.2) is 29.4 Å². The molecule has 5 nitrogen and oxygen atoms in total. The summed E-state index contributed by atoms with van der Waals surface area (Å²) in [5.41, 5.74) is 2.93. The molecular formula is C37H30F2N2O3S. The molecule has 0 unspecified atom stereocenters. The Morgan fingerprint density at radius 2 is 1.56 bits per heavy atom. The van der Waals surface area contributed by atoms with Crippen LogP contribution in [0.1, 0.15) is 32.6 Å². The second-order valence-corrected chi connectivity index (χ2v) is 11.9. The van der Waals surface area contributed by atoms with E-state index in [1.54, 1.807) is 29.9 Å². The van der Waals surface area contributed by atoms with E-state index >= 15 is 0 Å². The number of fused-ring (bicyclic) bond motifs is 1. The van der Waals surface area contributed by atoms with Crippen molar-refractivity contribution in [3.05, 3.63) is 159 Å². The molecule has 226 valence electrons. The molecule has 0 aliphatic heterocycles. The van der Waals surface area contributed by atoms with E-state index in [0.717, 1.165) is 21.6 Å². The first kappa shape index (κ1) is 30.1. The Bertz CT molecular complexity index is 2040. The number of carbonyl (C=O) groups excluding carboxylic acids is 1. The summed E-state index contributed by atoms with van der Waals surface area (Å²) in [6, 6.07) is 29.2. The normalized spacial score (nSPS) is 11.3. The van der Waals surface area contributed by atoms with Crippen LogP contribution in [0.15, 0.2) is 114 Å². The van der Waals surface area contributed by atoms with Gasteiger partial charge in [0.2, 0.25) is 5.43 Å². The molecule has 2 heterocycles. The Balaban J connectivity index is 1.58. The summed E-state index contributed by atoms with van der Waals surface area (Å²) in [5, 5.41) is 0.412. The van der Waals surface area contributed by atoms with Gasteiger partial charge in [0, 0.05) is 35.3 Å². The topological polar surface area (TPSA) is 51.5 Å². The molecule has 0 N–H and O–H groups in total. The van der Waals surface area contributed by atoms with E-state index in [1.165, 1.54) is 47.9 Å². The highest BCUT2D eigenvalue weighted by Gasteiger charge is 2.25. The van der Waals surface area contributed by atoms with Gasteiger partial charge in [-0.2, -0.15) is 0 Å². The van der Waals surface area contributed by atoms with Crippen LogP contribution < -0.4 is 10.2 Å². The van der Waals surface area contributed by atoms with E-state index in [9.17, 15) is 18.4 Å². The van der Waals surface area contributed by atoms with E-state index in [4.69, 9.17) is 4.74 Å². The van der Waals surface area contributed by atoms with Crippen LogP contribution in [0.4, 0.5) is 8.78 Å². The van der Waals surface area contributed by atoms with Crippen molar-refractivity contribution < 1.29 is 18.3 Å². The monoisotopic (exact) mass is 620 g/mol. The quantitative estimate of drug-likeness (QED) is 0.146. The first-order valence-corrected chi connectivity index (χ1v) is 15.2. The minimum absolute atomic E-state index is 0.0588. The van der Waals surface area contributed by atoms with Crippen LogP contribution in [0.25, 0.3) is 20.7 Å². The number of hydrogen-bond acceptors (Lipinski definition) is 5. The van der Waals surface area contributed by atoms with E-state index in [2.05, 4.69) is 4.90 Å². The number of thiophene rings is 1. The highest BCUT2D eigenvalue weighted by molar-refractivity contribution is 7.22. The first-order chi connectivity index (χ1) is 21.8. The first-order valence-electron chi connectivity index (χ1n) is 14.4. The third kappa shape index (κ3) is 6.34. The lowest BCUT2D eigenvalue weighted by Crippen LogP contribution is -2.22. The van der Waals surface area contributed by atoms with Crippen LogP contribution in [0.5, 0.6) is 5.75 Å². The largest absolute Gasteiger partial charge is 0.497 e. The minimum atomic E-state index is -0.523. The molecule has 6 aromatic rings. The molecule has 0 saturated heterocycles. The fraction of sp³-hybridized carbons (Fsp3) is 0.135. The summed E-state index contributed by atoms with van der Waals surface area (Å²) in [6.07, 6.45) is 1.51. The van der Waals surface area contributed by atoms with Gasteiger partial charge >= 0.3 is 0 Å². The molecule has 4 aromatic carbocycles. The average molecular weight is 621 g/mol. The molecule has 0 aliphatic carbocycles. The second kappa shape index (κ2) is 13.0. The van der Waals surface area contributed by atoms with Crippen molar-refractivity contribution in [1.29, 1.82) is 0 Å². The van der Waals surface area contributed by atoms with E-state index in [0.29, 0.717) is 34.6 Å². The highest BCUT2D eigenvalue weighted by Crippen LogP contribution is 2.39. The molecule has 0 saturated carbocycles.